The molecule has 0 amide bonds. The molecule has 0 saturated carbocycles. The minimum Gasteiger partial charge on any atom is -0.508 e. The molecule has 5 nitrogen and oxygen atoms in total. The van der Waals surface area contributed by atoms with E-state index in [-0.39, 0.29) is 30.7 Å². The Morgan fingerprint density at radius 1 is 1.11 bits per heavy atom. The van der Waals surface area contributed by atoms with Gasteiger partial charge in [-0.15, -0.1) is 0 Å². The highest BCUT2D eigenvalue weighted by Gasteiger charge is 2.27. The van der Waals surface area contributed by atoms with Crippen LogP contribution in [0.3, 0.4) is 0 Å². The Hall–Kier alpha value is -2.70. The summed E-state index contributed by atoms with van der Waals surface area (Å²) in [7, 11) is 0. The average Bonchev–Trinajstić information content (AvgIpc) is 2.72. The van der Waals surface area contributed by atoms with E-state index in [1.54, 1.807) is 24.3 Å². The predicted molar refractivity (Wildman–Crippen MR) is 104 cm³/mol. The van der Waals surface area contributed by atoms with Crippen molar-refractivity contribution < 1.29 is 24.1 Å². The molecule has 146 valence electrons. The number of phenols is 1. The topological polar surface area (TPSA) is 71.8 Å². The van der Waals surface area contributed by atoms with E-state index < -0.39 is 0 Å². The number of nitrogens with zero attached hydrogens (tertiary/aromatic N) is 1. The summed E-state index contributed by atoms with van der Waals surface area (Å²) in [5.41, 5.74) is 3.31. The molecular formula is C22H22FNO4. The summed E-state index contributed by atoms with van der Waals surface area (Å²) in [6.45, 7) is 1.30. The fraction of sp³-hybridized carbons (Fsp3) is 0.318. The fourth-order valence-electron chi connectivity index (χ4n) is 3.79. The molecule has 2 N–H and O–H groups in total. The highest BCUT2D eigenvalue weighted by atomic mass is 19.1. The molecule has 3 aromatic rings. The van der Waals surface area contributed by atoms with Gasteiger partial charge in [0.1, 0.15) is 18.2 Å². The van der Waals surface area contributed by atoms with Crippen LogP contribution in [0.2, 0.25) is 0 Å². The molecule has 0 unspecified atom stereocenters. The maximum Gasteiger partial charge on any atom is 0.218 e. The first kappa shape index (κ1) is 18.7. The zero-order valence-corrected chi connectivity index (χ0v) is 15.4. The van der Waals surface area contributed by atoms with Crippen molar-refractivity contribution in [1.29, 1.82) is 0 Å². The summed E-state index contributed by atoms with van der Waals surface area (Å²) < 4.78 is 24.9. The van der Waals surface area contributed by atoms with Crippen molar-refractivity contribution in [3.05, 3.63) is 53.8 Å². The molecule has 2 heterocycles. The molecule has 1 aliphatic rings. The number of aromatic nitrogens is 1. The van der Waals surface area contributed by atoms with Gasteiger partial charge in [-0.25, -0.2) is 9.37 Å². The van der Waals surface area contributed by atoms with Gasteiger partial charge in [0.25, 0.3) is 0 Å². The highest BCUT2D eigenvalue weighted by molar-refractivity contribution is 5.98. The lowest BCUT2D eigenvalue weighted by molar-refractivity contribution is 0.0843. The number of hydrogen-bond acceptors (Lipinski definition) is 5. The number of aliphatic hydroxyl groups is 1. The van der Waals surface area contributed by atoms with Crippen LogP contribution in [0, 0.1) is 5.82 Å². The fourth-order valence-corrected chi connectivity index (χ4v) is 3.79. The van der Waals surface area contributed by atoms with Crippen molar-refractivity contribution in [3.63, 3.8) is 0 Å². The molecule has 28 heavy (non-hydrogen) atoms. The lowest BCUT2D eigenvalue weighted by Gasteiger charge is -2.27. The monoisotopic (exact) mass is 383 g/mol. The van der Waals surface area contributed by atoms with Gasteiger partial charge in [-0.05, 0) is 54.2 Å². The van der Waals surface area contributed by atoms with Crippen molar-refractivity contribution >= 4 is 10.9 Å². The third-order valence-electron chi connectivity index (χ3n) is 5.06. The number of phenolic OH excluding ortho intramolecular Hbond substituents is 1. The van der Waals surface area contributed by atoms with Crippen molar-refractivity contribution in [1.82, 2.24) is 4.98 Å². The molecule has 6 heteroatoms. The lowest BCUT2D eigenvalue weighted by atomic mass is 9.84. The summed E-state index contributed by atoms with van der Waals surface area (Å²) in [5, 5.41) is 20.0. The Bertz CT molecular complexity index is 968. The molecule has 0 bridgehead atoms. The van der Waals surface area contributed by atoms with Crippen LogP contribution in [0.15, 0.2) is 42.5 Å². The molecular weight excluding hydrogens is 361 g/mol. The van der Waals surface area contributed by atoms with Crippen LogP contribution in [-0.2, 0) is 4.74 Å². The number of aliphatic hydroxyl groups excluding tert-OH is 1. The Balaban J connectivity index is 2.00. The minimum absolute atomic E-state index is 0.108. The Labute approximate surface area is 162 Å². The molecule has 0 atom stereocenters. The first-order valence-electron chi connectivity index (χ1n) is 9.41. The van der Waals surface area contributed by atoms with Gasteiger partial charge in [0, 0.05) is 30.2 Å². The van der Waals surface area contributed by atoms with Crippen molar-refractivity contribution in [2.75, 3.05) is 26.4 Å². The summed E-state index contributed by atoms with van der Waals surface area (Å²) in [6, 6.07) is 11.4. The number of fused-ring (bicyclic) bond motifs is 1. The SMILES string of the molecule is OCCOc1nc2cc(O)ccc2c(-c2ccc(F)cc2)c1C1CCOCC1. The zero-order chi connectivity index (χ0) is 19.5. The third kappa shape index (κ3) is 3.66. The second-order valence-corrected chi connectivity index (χ2v) is 6.87. The summed E-state index contributed by atoms with van der Waals surface area (Å²) in [4.78, 5) is 4.64. The number of hydrogen-bond donors (Lipinski definition) is 2. The lowest BCUT2D eigenvalue weighted by Crippen LogP contribution is -2.17. The average molecular weight is 383 g/mol. The number of rotatable bonds is 5. The smallest absolute Gasteiger partial charge is 0.218 e. The quantitative estimate of drug-likeness (QED) is 0.697. The summed E-state index contributed by atoms with van der Waals surface area (Å²) in [6.07, 6.45) is 1.66. The largest absolute Gasteiger partial charge is 0.508 e. The molecule has 4 rings (SSSR count). The molecule has 2 aromatic carbocycles. The maximum atomic E-state index is 13.6. The van der Waals surface area contributed by atoms with E-state index in [9.17, 15) is 14.6 Å². The van der Waals surface area contributed by atoms with Crippen LogP contribution in [0.1, 0.15) is 24.3 Å². The highest BCUT2D eigenvalue weighted by Crippen LogP contribution is 2.44. The molecule has 1 aromatic heterocycles. The predicted octanol–water partition coefficient (Wildman–Crippen LogP) is 4.01. The Morgan fingerprint density at radius 2 is 1.86 bits per heavy atom. The van der Waals surface area contributed by atoms with Gasteiger partial charge in [-0.3, -0.25) is 0 Å². The molecule has 0 radical (unpaired) electrons. The van der Waals surface area contributed by atoms with Crippen LogP contribution in [0.4, 0.5) is 4.39 Å². The van der Waals surface area contributed by atoms with E-state index in [2.05, 4.69) is 4.98 Å². The number of halogens is 1. The summed E-state index contributed by atoms with van der Waals surface area (Å²) in [5.74, 6) is 0.424. The standard InChI is InChI=1S/C22H22FNO4/c23-16-3-1-14(2-4-16)20-18-6-5-17(26)13-19(18)24-22(28-12-9-25)21(20)15-7-10-27-11-8-15/h1-6,13,15,25-26H,7-12H2. The molecule has 1 fully saturated rings. The van der Waals surface area contributed by atoms with E-state index in [0.29, 0.717) is 24.6 Å². The molecule has 0 spiro atoms. The van der Waals surface area contributed by atoms with Crippen molar-refractivity contribution in [2.24, 2.45) is 0 Å². The van der Waals surface area contributed by atoms with Gasteiger partial charge in [0.05, 0.1) is 12.1 Å². The van der Waals surface area contributed by atoms with Gasteiger partial charge in [0.2, 0.25) is 5.88 Å². The Morgan fingerprint density at radius 3 is 2.57 bits per heavy atom. The van der Waals surface area contributed by atoms with Crippen molar-refractivity contribution in [2.45, 2.75) is 18.8 Å². The van der Waals surface area contributed by atoms with E-state index >= 15 is 0 Å². The van der Waals surface area contributed by atoms with Gasteiger partial charge in [-0.2, -0.15) is 0 Å². The zero-order valence-electron chi connectivity index (χ0n) is 15.4. The molecule has 1 aliphatic heterocycles. The van der Waals surface area contributed by atoms with Gasteiger partial charge in [0.15, 0.2) is 0 Å². The number of benzene rings is 2. The Kier molecular flexibility index (Phi) is 5.41. The molecule has 0 aliphatic carbocycles. The van der Waals surface area contributed by atoms with Gasteiger partial charge < -0.3 is 19.7 Å². The maximum absolute atomic E-state index is 13.6. The second-order valence-electron chi connectivity index (χ2n) is 6.87. The van der Waals surface area contributed by atoms with Crippen LogP contribution >= 0.6 is 0 Å². The van der Waals surface area contributed by atoms with Crippen LogP contribution < -0.4 is 4.74 Å². The van der Waals surface area contributed by atoms with Crippen LogP contribution in [0.5, 0.6) is 11.6 Å². The second kappa shape index (κ2) is 8.12. The van der Waals surface area contributed by atoms with Crippen LogP contribution in [-0.4, -0.2) is 41.6 Å². The van der Waals surface area contributed by atoms with E-state index in [0.717, 1.165) is 34.9 Å². The van der Waals surface area contributed by atoms with Gasteiger partial charge >= 0.3 is 0 Å². The first-order chi connectivity index (χ1) is 13.7. The van der Waals surface area contributed by atoms with Crippen molar-refractivity contribution in [3.8, 4) is 22.8 Å². The number of aromatic hydroxyl groups is 1. The molecule has 1 saturated heterocycles. The van der Waals surface area contributed by atoms with E-state index in [1.165, 1.54) is 12.1 Å². The van der Waals surface area contributed by atoms with Crippen LogP contribution in [0.25, 0.3) is 22.0 Å². The number of ether oxygens (including phenoxy) is 2. The minimum atomic E-state index is -0.302. The van der Waals surface area contributed by atoms with Gasteiger partial charge in [-0.1, -0.05) is 12.1 Å². The third-order valence-corrected chi connectivity index (χ3v) is 5.06. The van der Waals surface area contributed by atoms with E-state index in [1.807, 2.05) is 6.07 Å². The number of pyridine rings is 1. The summed E-state index contributed by atoms with van der Waals surface area (Å²) >= 11 is 0. The van der Waals surface area contributed by atoms with E-state index in [4.69, 9.17) is 9.47 Å². The normalized spacial score (nSPS) is 15.1. The first-order valence-corrected chi connectivity index (χ1v) is 9.41.